The van der Waals surface area contributed by atoms with Gasteiger partial charge in [0.05, 0.1) is 18.7 Å². The fourth-order valence-corrected chi connectivity index (χ4v) is 3.08. The Labute approximate surface area is 164 Å². The van der Waals surface area contributed by atoms with Gasteiger partial charge in [-0.15, -0.1) is 12.4 Å². The highest BCUT2D eigenvalue weighted by molar-refractivity contribution is 5.85. The molecular formula is C19H22ClN5O2. The zero-order valence-electron chi connectivity index (χ0n) is 15.3. The third-order valence-corrected chi connectivity index (χ3v) is 4.66. The number of pyridine rings is 1. The summed E-state index contributed by atoms with van der Waals surface area (Å²) < 4.78 is 10.7. The number of hydrogen-bond acceptors (Lipinski definition) is 7. The van der Waals surface area contributed by atoms with Crippen LogP contribution >= 0.6 is 12.4 Å². The van der Waals surface area contributed by atoms with Crippen LogP contribution in [-0.4, -0.2) is 53.8 Å². The molecule has 1 aromatic carbocycles. The first kappa shape index (κ1) is 19.3. The number of ether oxygens (including phenoxy) is 1. The number of piperazine rings is 1. The molecule has 2 aromatic heterocycles. The van der Waals surface area contributed by atoms with Crippen LogP contribution in [0.25, 0.3) is 22.6 Å². The lowest BCUT2D eigenvalue weighted by Crippen LogP contribution is -2.44. The SMILES string of the molecule is COc1ccc(-c2cncc(-c3nc(C4CNCCN4C)no3)c2)cc1.Cl. The molecule has 0 spiro atoms. The van der Waals surface area contributed by atoms with E-state index in [-0.39, 0.29) is 18.4 Å². The van der Waals surface area contributed by atoms with E-state index in [4.69, 9.17) is 9.26 Å². The van der Waals surface area contributed by atoms with Crippen molar-refractivity contribution in [2.75, 3.05) is 33.8 Å². The van der Waals surface area contributed by atoms with E-state index in [1.807, 2.05) is 36.5 Å². The van der Waals surface area contributed by atoms with Crippen molar-refractivity contribution in [2.45, 2.75) is 6.04 Å². The maximum absolute atomic E-state index is 5.50. The molecule has 1 aliphatic rings. The maximum Gasteiger partial charge on any atom is 0.259 e. The predicted octanol–water partition coefficient (Wildman–Crippen LogP) is 2.81. The number of benzene rings is 1. The van der Waals surface area contributed by atoms with Gasteiger partial charge in [-0.1, -0.05) is 17.3 Å². The first-order chi connectivity index (χ1) is 12.7. The van der Waals surface area contributed by atoms with Gasteiger partial charge in [0.2, 0.25) is 0 Å². The molecule has 4 rings (SSSR count). The minimum atomic E-state index is 0. The molecule has 1 unspecified atom stereocenters. The second-order valence-electron chi connectivity index (χ2n) is 6.35. The van der Waals surface area contributed by atoms with Gasteiger partial charge in [-0.05, 0) is 30.8 Å². The summed E-state index contributed by atoms with van der Waals surface area (Å²) in [5.41, 5.74) is 2.85. The van der Waals surface area contributed by atoms with Crippen molar-refractivity contribution in [2.24, 2.45) is 0 Å². The highest BCUT2D eigenvalue weighted by atomic mass is 35.5. The normalized spacial score (nSPS) is 17.3. The van der Waals surface area contributed by atoms with Crippen LogP contribution in [0.5, 0.6) is 5.75 Å². The van der Waals surface area contributed by atoms with Crippen LogP contribution < -0.4 is 10.1 Å². The Balaban J connectivity index is 0.00000210. The van der Waals surface area contributed by atoms with E-state index < -0.39 is 0 Å². The molecule has 0 radical (unpaired) electrons. The van der Waals surface area contributed by atoms with E-state index in [9.17, 15) is 0 Å². The highest BCUT2D eigenvalue weighted by Gasteiger charge is 2.25. The van der Waals surface area contributed by atoms with Crippen molar-refractivity contribution in [3.05, 3.63) is 48.5 Å². The Morgan fingerprint density at radius 1 is 1.15 bits per heavy atom. The first-order valence-corrected chi connectivity index (χ1v) is 8.59. The predicted molar refractivity (Wildman–Crippen MR) is 105 cm³/mol. The largest absolute Gasteiger partial charge is 0.497 e. The summed E-state index contributed by atoms with van der Waals surface area (Å²) in [4.78, 5) is 11.2. The monoisotopic (exact) mass is 387 g/mol. The Morgan fingerprint density at radius 3 is 2.67 bits per heavy atom. The minimum absolute atomic E-state index is 0. The van der Waals surface area contributed by atoms with Gasteiger partial charge in [0, 0.05) is 37.6 Å². The number of aromatic nitrogens is 3. The molecule has 0 aliphatic carbocycles. The standard InChI is InChI=1S/C19H21N5O2.ClH/c1-24-8-7-20-12-17(24)18-22-19(26-23-18)15-9-14(10-21-11-15)13-3-5-16(25-2)6-4-13;/h3-6,9-11,17,20H,7-8,12H2,1-2H3;1H. The molecule has 0 bridgehead atoms. The number of nitrogens with zero attached hydrogens (tertiary/aromatic N) is 4. The molecule has 7 nitrogen and oxygen atoms in total. The van der Waals surface area contributed by atoms with Crippen molar-refractivity contribution in [1.29, 1.82) is 0 Å². The summed E-state index contributed by atoms with van der Waals surface area (Å²) in [6, 6.07) is 9.99. The molecular weight excluding hydrogens is 366 g/mol. The van der Waals surface area contributed by atoms with Gasteiger partial charge in [-0.2, -0.15) is 4.98 Å². The van der Waals surface area contributed by atoms with Crippen LogP contribution in [0.2, 0.25) is 0 Å². The summed E-state index contributed by atoms with van der Waals surface area (Å²) in [6.07, 6.45) is 3.56. The number of methoxy groups -OCH3 is 1. The van der Waals surface area contributed by atoms with E-state index in [1.165, 1.54) is 0 Å². The number of hydrogen-bond donors (Lipinski definition) is 1. The smallest absolute Gasteiger partial charge is 0.259 e. The molecule has 0 saturated carbocycles. The van der Waals surface area contributed by atoms with Gasteiger partial charge >= 0.3 is 0 Å². The third-order valence-electron chi connectivity index (χ3n) is 4.66. The summed E-state index contributed by atoms with van der Waals surface area (Å²) >= 11 is 0. The van der Waals surface area contributed by atoms with Crippen LogP contribution in [-0.2, 0) is 0 Å². The molecule has 1 saturated heterocycles. The van der Waals surface area contributed by atoms with Gasteiger partial charge in [-0.25, -0.2) is 0 Å². The lowest BCUT2D eigenvalue weighted by molar-refractivity contribution is 0.190. The number of rotatable bonds is 4. The van der Waals surface area contributed by atoms with Crippen molar-refractivity contribution < 1.29 is 9.26 Å². The number of likely N-dealkylation sites (N-methyl/N-ethyl adjacent to an activating group) is 1. The van der Waals surface area contributed by atoms with E-state index >= 15 is 0 Å². The second-order valence-corrected chi connectivity index (χ2v) is 6.35. The zero-order valence-corrected chi connectivity index (χ0v) is 16.1. The Morgan fingerprint density at radius 2 is 1.93 bits per heavy atom. The van der Waals surface area contributed by atoms with E-state index in [2.05, 4.69) is 32.4 Å². The summed E-state index contributed by atoms with van der Waals surface area (Å²) in [7, 11) is 3.73. The van der Waals surface area contributed by atoms with Crippen molar-refractivity contribution in [1.82, 2.24) is 25.3 Å². The lowest BCUT2D eigenvalue weighted by Gasteiger charge is -2.30. The van der Waals surface area contributed by atoms with Gasteiger partial charge in [0.1, 0.15) is 5.75 Å². The fourth-order valence-electron chi connectivity index (χ4n) is 3.08. The molecule has 0 amide bonds. The van der Waals surface area contributed by atoms with E-state index in [1.54, 1.807) is 13.3 Å². The van der Waals surface area contributed by atoms with E-state index in [0.717, 1.165) is 42.1 Å². The van der Waals surface area contributed by atoms with Crippen LogP contribution in [0.1, 0.15) is 11.9 Å². The van der Waals surface area contributed by atoms with Gasteiger partial charge in [0.25, 0.3) is 5.89 Å². The molecule has 8 heteroatoms. The first-order valence-electron chi connectivity index (χ1n) is 8.59. The second kappa shape index (κ2) is 8.47. The molecule has 142 valence electrons. The summed E-state index contributed by atoms with van der Waals surface area (Å²) in [5.74, 6) is 2.01. The van der Waals surface area contributed by atoms with Gasteiger partial charge in [-0.3, -0.25) is 9.88 Å². The fraction of sp³-hybridized carbons (Fsp3) is 0.316. The zero-order chi connectivity index (χ0) is 17.9. The molecule has 3 heterocycles. The van der Waals surface area contributed by atoms with Crippen LogP contribution in [0.3, 0.4) is 0 Å². The topological polar surface area (TPSA) is 76.3 Å². The Hall–Kier alpha value is -2.48. The molecule has 3 aromatic rings. The van der Waals surface area contributed by atoms with Gasteiger partial charge in [0.15, 0.2) is 5.82 Å². The molecule has 27 heavy (non-hydrogen) atoms. The number of nitrogens with one attached hydrogen (secondary N) is 1. The van der Waals surface area contributed by atoms with Crippen molar-refractivity contribution in [3.8, 4) is 28.3 Å². The highest BCUT2D eigenvalue weighted by Crippen LogP contribution is 2.27. The summed E-state index contributed by atoms with van der Waals surface area (Å²) in [6.45, 7) is 2.76. The van der Waals surface area contributed by atoms with Crippen LogP contribution in [0, 0.1) is 0 Å². The van der Waals surface area contributed by atoms with Crippen molar-refractivity contribution >= 4 is 12.4 Å². The van der Waals surface area contributed by atoms with Crippen LogP contribution in [0.15, 0.2) is 47.2 Å². The maximum atomic E-state index is 5.50. The molecule has 1 aliphatic heterocycles. The van der Waals surface area contributed by atoms with Crippen LogP contribution in [0.4, 0.5) is 0 Å². The molecule has 1 fully saturated rings. The average molecular weight is 388 g/mol. The number of halogens is 1. The van der Waals surface area contributed by atoms with Gasteiger partial charge < -0.3 is 14.6 Å². The average Bonchev–Trinajstić information content (AvgIpc) is 3.18. The lowest BCUT2D eigenvalue weighted by atomic mass is 10.1. The Bertz CT molecular complexity index is 884. The third kappa shape index (κ3) is 4.10. The van der Waals surface area contributed by atoms with Crippen molar-refractivity contribution in [3.63, 3.8) is 0 Å². The van der Waals surface area contributed by atoms with E-state index in [0.29, 0.717) is 11.7 Å². The summed E-state index contributed by atoms with van der Waals surface area (Å²) in [5, 5.41) is 7.55. The Kier molecular flexibility index (Phi) is 6.05. The molecule has 1 atom stereocenters. The minimum Gasteiger partial charge on any atom is -0.497 e. The molecule has 1 N–H and O–H groups in total. The quantitative estimate of drug-likeness (QED) is 0.737.